The summed E-state index contributed by atoms with van der Waals surface area (Å²) < 4.78 is 20.1. The third-order valence-corrected chi connectivity index (χ3v) is 8.49. The van der Waals surface area contributed by atoms with Gasteiger partial charge in [0.25, 0.3) is 0 Å². The predicted octanol–water partition coefficient (Wildman–Crippen LogP) is 2.84. The van der Waals surface area contributed by atoms with Crippen LogP contribution in [0.25, 0.3) is 0 Å². The van der Waals surface area contributed by atoms with Crippen LogP contribution in [0.2, 0.25) is 0 Å². The first-order valence-corrected chi connectivity index (χ1v) is 11.7. The molecular weight excluding hydrogens is 379 g/mol. The lowest BCUT2D eigenvalue weighted by Crippen LogP contribution is -3.15. The molecule has 2 aliphatic carbocycles. The molecule has 0 amide bonds. The van der Waals surface area contributed by atoms with E-state index in [1.165, 1.54) is 29.4 Å². The quantitative estimate of drug-likeness (QED) is 0.611. The van der Waals surface area contributed by atoms with E-state index in [4.69, 9.17) is 4.74 Å². The second-order valence-electron chi connectivity index (χ2n) is 10.3. The maximum absolute atomic E-state index is 14.1. The minimum atomic E-state index is -0.152. The van der Waals surface area contributed by atoms with Gasteiger partial charge in [-0.05, 0) is 55.6 Å². The van der Waals surface area contributed by atoms with E-state index in [0.717, 1.165) is 52.0 Å². The molecule has 5 heteroatoms. The van der Waals surface area contributed by atoms with Gasteiger partial charge in [-0.2, -0.15) is 0 Å². The van der Waals surface area contributed by atoms with Crippen molar-refractivity contribution in [3.63, 3.8) is 0 Å². The summed E-state index contributed by atoms with van der Waals surface area (Å²) in [6.07, 6.45) is 5.74. The van der Waals surface area contributed by atoms with Crippen LogP contribution in [-0.2, 0) is 9.53 Å². The van der Waals surface area contributed by atoms with Crippen molar-refractivity contribution in [2.75, 3.05) is 37.6 Å². The zero-order valence-corrected chi connectivity index (χ0v) is 18.0. The molecule has 1 aromatic rings. The maximum Gasteiger partial charge on any atom is 0.315 e. The fourth-order valence-corrected chi connectivity index (χ4v) is 6.78. The van der Waals surface area contributed by atoms with Crippen molar-refractivity contribution in [2.45, 2.75) is 45.1 Å². The van der Waals surface area contributed by atoms with Gasteiger partial charge in [0, 0.05) is 5.92 Å². The molecule has 0 bridgehead atoms. The van der Waals surface area contributed by atoms with Gasteiger partial charge in [-0.25, -0.2) is 4.39 Å². The summed E-state index contributed by atoms with van der Waals surface area (Å²) in [6.45, 7) is 11.1. The number of esters is 1. The lowest BCUT2D eigenvalue weighted by molar-refractivity contribution is -0.903. The number of benzene rings is 1. The first-order valence-electron chi connectivity index (χ1n) is 11.7. The molecule has 0 spiro atoms. The van der Waals surface area contributed by atoms with Crippen LogP contribution in [0.5, 0.6) is 0 Å². The number of rotatable bonds is 3. The highest BCUT2D eigenvalue weighted by atomic mass is 19.1. The van der Waals surface area contributed by atoms with Crippen LogP contribution in [0.3, 0.4) is 0 Å². The highest BCUT2D eigenvalue weighted by Crippen LogP contribution is 2.56. The zero-order valence-electron chi connectivity index (χ0n) is 18.0. The topological polar surface area (TPSA) is 34.0 Å². The average Bonchev–Trinajstić information content (AvgIpc) is 3.01. The Morgan fingerprint density at radius 2 is 2.07 bits per heavy atom. The van der Waals surface area contributed by atoms with E-state index in [1.807, 2.05) is 12.1 Å². The van der Waals surface area contributed by atoms with Crippen molar-refractivity contribution in [3.05, 3.63) is 42.2 Å². The molecule has 2 saturated carbocycles. The number of anilines is 1. The van der Waals surface area contributed by atoms with Crippen molar-refractivity contribution < 1.29 is 18.8 Å². The average molecular weight is 414 g/mol. The van der Waals surface area contributed by atoms with Crippen LogP contribution in [-0.4, -0.2) is 44.8 Å². The lowest BCUT2D eigenvalue weighted by atomic mass is 9.55. The first kappa shape index (κ1) is 20.0. The number of quaternary nitrogens is 1. The van der Waals surface area contributed by atoms with Crippen molar-refractivity contribution in [1.82, 2.24) is 0 Å². The molecule has 0 aromatic heterocycles. The molecule has 162 valence electrons. The summed E-state index contributed by atoms with van der Waals surface area (Å²) in [6, 6.07) is 7.01. The van der Waals surface area contributed by atoms with Crippen molar-refractivity contribution in [2.24, 2.45) is 23.2 Å². The number of nitrogens with zero attached hydrogens (tertiary/aromatic N) is 1. The number of halogens is 1. The molecule has 30 heavy (non-hydrogen) atoms. The smallest absolute Gasteiger partial charge is 0.315 e. The first-order chi connectivity index (χ1) is 14.4. The Morgan fingerprint density at radius 3 is 2.83 bits per heavy atom. The molecule has 4 aliphatic rings. The summed E-state index contributed by atoms with van der Waals surface area (Å²) in [5.74, 6) is 0.743. The van der Waals surface area contributed by atoms with Gasteiger partial charge in [-0.1, -0.05) is 31.2 Å². The van der Waals surface area contributed by atoms with Crippen LogP contribution in [0.1, 0.15) is 39.0 Å². The van der Waals surface area contributed by atoms with E-state index in [2.05, 4.69) is 18.4 Å². The Morgan fingerprint density at radius 1 is 1.30 bits per heavy atom. The predicted molar refractivity (Wildman–Crippen MR) is 115 cm³/mol. The zero-order chi connectivity index (χ0) is 20.9. The maximum atomic E-state index is 14.1. The van der Waals surface area contributed by atoms with E-state index in [-0.39, 0.29) is 29.2 Å². The van der Waals surface area contributed by atoms with Crippen LogP contribution >= 0.6 is 0 Å². The van der Waals surface area contributed by atoms with Crippen molar-refractivity contribution >= 4 is 11.7 Å². The fraction of sp³-hybridized carbons (Fsp3) is 0.640. The number of nitrogens with one attached hydrogen (secondary N) is 1. The number of piperazine rings is 1. The highest BCUT2D eigenvalue weighted by Gasteiger charge is 2.56. The molecule has 2 heterocycles. The molecule has 0 radical (unpaired) electrons. The second kappa shape index (κ2) is 7.67. The number of hydrogen-bond donors (Lipinski definition) is 1. The van der Waals surface area contributed by atoms with E-state index in [9.17, 15) is 9.18 Å². The Kier molecular flexibility index (Phi) is 5.12. The largest absolute Gasteiger partial charge is 0.462 e. The van der Waals surface area contributed by atoms with Gasteiger partial charge >= 0.3 is 5.97 Å². The van der Waals surface area contributed by atoms with Gasteiger partial charge in [0.1, 0.15) is 17.8 Å². The monoisotopic (exact) mass is 413 g/mol. The summed E-state index contributed by atoms with van der Waals surface area (Å²) in [5, 5.41) is 0. The number of carbonyl (C=O) groups is 1. The van der Waals surface area contributed by atoms with Gasteiger partial charge in [-0.3, -0.25) is 4.79 Å². The number of hydrogen-bond acceptors (Lipinski definition) is 3. The van der Waals surface area contributed by atoms with Gasteiger partial charge in [0.15, 0.2) is 0 Å². The van der Waals surface area contributed by atoms with E-state index in [0.29, 0.717) is 17.5 Å². The van der Waals surface area contributed by atoms with Crippen LogP contribution < -0.4 is 9.80 Å². The Labute approximate surface area is 179 Å². The lowest BCUT2D eigenvalue weighted by Gasteiger charge is -2.50. The minimum Gasteiger partial charge on any atom is -0.462 e. The Bertz CT molecular complexity index is 834. The summed E-state index contributed by atoms with van der Waals surface area (Å²) in [7, 11) is 0. The molecule has 5 atom stereocenters. The van der Waals surface area contributed by atoms with E-state index in [1.54, 1.807) is 6.07 Å². The molecule has 4 fully saturated rings. The van der Waals surface area contributed by atoms with Crippen molar-refractivity contribution in [3.8, 4) is 0 Å². The molecule has 2 saturated heterocycles. The van der Waals surface area contributed by atoms with Crippen LogP contribution in [0.4, 0.5) is 10.1 Å². The minimum absolute atomic E-state index is 0.00397. The van der Waals surface area contributed by atoms with Gasteiger partial charge in [0.2, 0.25) is 0 Å². The highest BCUT2D eigenvalue weighted by molar-refractivity contribution is 5.75. The van der Waals surface area contributed by atoms with Crippen LogP contribution in [0.15, 0.2) is 36.4 Å². The number of ether oxygens (including phenoxy) is 1. The van der Waals surface area contributed by atoms with Crippen LogP contribution in [0, 0.1) is 29.0 Å². The third kappa shape index (κ3) is 3.45. The summed E-state index contributed by atoms with van der Waals surface area (Å²) in [4.78, 5) is 16.4. The number of allylic oxidation sites excluding steroid dienone is 1. The molecule has 2 aliphatic heterocycles. The second-order valence-corrected chi connectivity index (χ2v) is 10.3. The number of para-hydroxylation sites is 1. The van der Waals surface area contributed by atoms with E-state index < -0.39 is 0 Å². The molecule has 4 nitrogen and oxygen atoms in total. The molecule has 1 aromatic carbocycles. The van der Waals surface area contributed by atoms with Crippen molar-refractivity contribution in [1.29, 1.82) is 0 Å². The molecule has 1 N–H and O–H groups in total. The summed E-state index contributed by atoms with van der Waals surface area (Å²) in [5.41, 5.74) is 2.34. The molecular formula is C25H34FN2O2+. The summed E-state index contributed by atoms with van der Waals surface area (Å²) >= 11 is 0. The Balaban J connectivity index is 1.23. The SMILES string of the molecule is C=C1CCC[C@]2(C)C[C@H]3OC(=O)[C@H](C[NH+]4CCN(c5ccccc5F)CC4)[C@H]3C[C@@H]12. The van der Waals surface area contributed by atoms with Gasteiger partial charge in [-0.15, -0.1) is 0 Å². The van der Waals surface area contributed by atoms with Gasteiger partial charge < -0.3 is 14.5 Å². The standard InChI is InChI=1S/C25H33FN2O2/c1-17-6-5-9-25(2)15-23-18(14-20(17)25)19(24(29)30-23)16-27-10-12-28(13-11-27)22-8-4-3-7-21(22)26/h3-4,7-8,18-20,23H,1,5-6,9-16H2,2H3/p+1/t18-,19-,20+,23-,25-/m1/s1. The molecule has 0 unspecified atom stereocenters. The molecule has 5 rings (SSSR count). The number of carbonyl (C=O) groups excluding carboxylic acids is 1. The third-order valence-electron chi connectivity index (χ3n) is 8.49. The normalized spacial score (nSPS) is 36.9. The number of fused-ring (bicyclic) bond motifs is 2. The van der Waals surface area contributed by atoms with E-state index >= 15 is 0 Å². The fourth-order valence-electron chi connectivity index (χ4n) is 6.78. The van der Waals surface area contributed by atoms with Gasteiger partial charge in [0.05, 0.1) is 38.4 Å². The Hall–Kier alpha value is -1.88.